The van der Waals surface area contributed by atoms with Gasteiger partial charge in [-0.1, -0.05) is 48.5 Å². The van der Waals surface area contributed by atoms with E-state index in [0.29, 0.717) is 4.75 Å². The third-order valence-electron chi connectivity index (χ3n) is 8.38. The van der Waals surface area contributed by atoms with Gasteiger partial charge < -0.3 is 0 Å². The lowest BCUT2D eigenvalue weighted by Crippen LogP contribution is -2.62. The molecule has 132 valence electrons. The molecule has 0 radical (unpaired) electrons. The second kappa shape index (κ2) is 4.94. The first-order valence-electron chi connectivity index (χ1n) is 10.3. The van der Waals surface area contributed by atoms with Gasteiger partial charge in [0.2, 0.25) is 0 Å². The molecule has 6 aliphatic rings. The molecule has 2 spiro atoms. The highest BCUT2D eigenvalue weighted by Gasteiger charge is 2.71. The highest BCUT2D eigenvalue weighted by atomic mass is 32.2. The minimum atomic E-state index is 0.202. The Morgan fingerprint density at radius 3 is 1.77 bits per heavy atom. The Balaban J connectivity index is 1.55. The molecule has 0 nitrogen and oxygen atoms in total. The fraction of sp³-hybridized carbons (Fsp3) is 0.500. The van der Waals surface area contributed by atoms with E-state index in [-0.39, 0.29) is 4.75 Å². The zero-order chi connectivity index (χ0) is 16.9. The average Bonchev–Trinajstić information content (AvgIpc) is 3.20. The van der Waals surface area contributed by atoms with Crippen LogP contribution >= 0.6 is 23.5 Å². The summed E-state index contributed by atoms with van der Waals surface area (Å²) in [5.74, 6) is 3.94. The molecule has 8 rings (SSSR count). The summed E-state index contributed by atoms with van der Waals surface area (Å²) >= 11 is 4.65. The Morgan fingerprint density at radius 1 is 0.654 bits per heavy atom. The van der Waals surface area contributed by atoms with Crippen molar-refractivity contribution in [2.24, 2.45) is 23.7 Å². The second-order valence-corrected chi connectivity index (χ2v) is 12.1. The predicted molar refractivity (Wildman–Crippen MR) is 112 cm³/mol. The van der Waals surface area contributed by atoms with Gasteiger partial charge in [0, 0.05) is 9.83 Å². The molecule has 2 heteroatoms. The van der Waals surface area contributed by atoms with E-state index >= 15 is 0 Å². The van der Waals surface area contributed by atoms with Crippen molar-refractivity contribution in [3.63, 3.8) is 0 Å². The monoisotopic (exact) mass is 376 g/mol. The fourth-order valence-corrected chi connectivity index (χ4v) is 12.5. The van der Waals surface area contributed by atoms with E-state index in [2.05, 4.69) is 72.1 Å². The van der Waals surface area contributed by atoms with Gasteiger partial charge in [0.25, 0.3) is 0 Å². The summed E-state index contributed by atoms with van der Waals surface area (Å²) in [6, 6.07) is 18.8. The van der Waals surface area contributed by atoms with Crippen LogP contribution in [0.3, 0.4) is 0 Å². The minimum absolute atomic E-state index is 0.202. The van der Waals surface area contributed by atoms with Crippen molar-refractivity contribution < 1.29 is 0 Å². The maximum absolute atomic E-state index is 2.47. The van der Waals surface area contributed by atoms with E-state index in [1.807, 2.05) is 0 Å². The first kappa shape index (κ1) is 15.1. The zero-order valence-corrected chi connectivity index (χ0v) is 16.6. The Kier molecular flexibility index (Phi) is 2.87. The van der Waals surface area contributed by atoms with Crippen molar-refractivity contribution >= 4 is 23.5 Å². The van der Waals surface area contributed by atoms with E-state index in [1.54, 1.807) is 17.5 Å². The van der Waals surface area contributed by atoms with Gasteiger partial charge in [-0.25, -0.2) is 0 Å². The van der Waals surface area contributed by atoms with Gasteiger partial charge in [0.1, 0.15) is 0 Å². The highest BCUT2D eigenvalue weighted by Crippen LogP contribution is 2.78. The van der Waals surface area contributed by atoms with Gasteiger partial charge in [-0.2, -0.15) is 0 Å². The van der Waals surface area contributed by atoms with Crippen molar-refractivity contribution in [2.45, 2.75) is 41.6 Å². The standard InChI is InChI=1S/C24H24S2/c1-3-7-21-19(5-1)20-6-2-4-8-22(20)24(21)23(25-14-26-24)17-10-15-9-16(12-17)13-18(23)11-15/h1-8,15-18H,9-14H2. The SMILES string of the molecule is c1ccc2c(c1)-c1ccccc1C21SCSC12C1CC3CC(C1)CC2C3. The molecule has 0 amide bonds. The van der Waals surface area contributed by atoms with Crippen LogP contribution < -0.4 is 0 Å². The number of hydrogen-bond acceptors (Lipinski definition) is 2. The molecule has 4 saturated carbocycles. The smallest absolute Gasteiger partial charge is 0.0829 e. The highest BCUT2D eigenvalue weighted by molar-refractivity contribution is 8.20. The summed E-state index contributed by atoms with van der Waals surface area (Å²) in [5.41, 5.74) is 6.32. The molecule has 26 heavy (non-hydrogen) atoms. The second-order valence-electron chi connectivity index (χ2n) is 9.28. The van der Waals surface area contributed by atoms with E-state index in [0.717, 1.165) is 23.7 Å². The van der Waals surface area contributed by atoms with Crippen LogP contribution in [0.2, 0.25) is 0 Å². The van der Waals surface area contributed by atoms with Crippen LogP contribution in [0.5, 0.6) is 0 Å². The first-order chi connectivity index (χ1) is 12.8. The predicted octanol–water partition coefficient (Wildman–Crippen LogP) is 6.54. The normalized spacial score (nSPS) is 40.3. The molecule has 1 saturated heterocycles. The van der Waals surface area contributed by atoms with E-state index < -0.39 is 0 Å². The maximum Gasteiger partial charge on any atom is 0.0829 e. The van der Waals surface area contributed by atoms with Gasteiger partial charge >= 0.3 is 0 Å². The summed E-state index contributed by atoms with van der Waals surface area (Å²) < 4.78 is 0.640. The van der Waals surface area contributed by atoms with Crippen LogP contribution in [-0.2, 0) is 4.75 Å². The lowest BCUT2D eigenvalue weighted by atomic mass is 9.48. The number of rotatable bonds is 0. The maximum atomic E-state index is 2.47. The van der Waals surface area contributed by atoms with Crippen LogP contribution in [-0.4, -0.2) is 9.83 Å². The van der Waals surface area contributed by atoms with E-state index in [1.165, 1.54) is 41.9 Å². The Bertz CT molecular complexity index is 840. The molecule has 0 unspecified atom stereocenters. The summed E-state index contributed by atoms with van der Waals surface area (Å²) in [6.45, 7) is 0. The van der Waals surface area contributed by atoms with Gasteiger partial charge in [-0.05, 0) is 78.0 Å². The third-order valence-corrected chi connectivity index (χ3v) is 12.1. The molecular formula is C24H24S2. The lowest BCUT2D eigenvalue weighted by molar-refractivity contribution is -0.0259. The summed E-state index contributed by atoms with van der Waals surface area (Å²) in [5, 5.41) is 1.27. The third kappa shape index (κ3) is 1.53. The molecule has 0 N–H and O–H groups in total. The fourth-order valence-electron chi connectivity index (χ4n) is 7.90. The molecule has 0 aromatic heterocycles. The largest absolute Gasteiger partial charge is 0.141 e. The summed E-state index contributed by atoms with van der Waals surface area (Å²) in [7, 11) is 0. The van der Waals surface area contributed by atoms with Crippen molar-refractivity contribution in [3.8, 4) is 11.1 Å². The molecule has 5 fully saturated rings. The quantitative estimate of drug-likeness (QED) is 0.512. The topological polar surface area (TPSA) is 0 Å². The number of fused-ring (bicyclic) bond motifs is 5. The number of thioether (sulfide) groups is 2. The van der Waals surface area contributed by atoms with Crippen molar-refractivity contribution in [1.29, 1.82) is 0 Å². The first-order valence-corrected chi connectivity index (χ1v) is 12.3. The molecule has 0 atom stereocenters. The summed E-state index contributed by atoms with van der Waals surface area (Å²) in [6.07, 6.45) is 7.57. The molecule has 2 aromatic carbocycles. The molecule has 4 bridgehead atoms. The van der Waals surface area contributed by atoms with E-state index in [4.69, 9.17) is 0 Å². The van der Waals surface area contributed by atoms with Crippen molar-refractivity contribution in [1.82, 2.24) is 0 Å². The van der Waals surface area contributed by atoms with E-state index in [9.17, 15) is 0 Å². The molecular weight excluding hydrogens is 352 g/mol. The average molecular weight is 377 g/mol. The molecule has 1 aliphatic heterocycles. The number of hydrogen-bond donors (Lipinski definition) is 0. The summed E-state index contributed by atoms with van der Waals surface area (Å²) in [4.78, 5) is 0. The molecule has 2 aromatic rings. The van der Waals surface area contributed by atoms with Crippen LogP contribution in [0, 0.1) is 23.7 Å². The lowest BCUT2D eigenvalue weighted by Gasteiger charge is -2.64. The van der Waals surface area contributed by atoms with Crippen molar-refractivity contribution in [2.75, 3.05) is 5.08 Å². The van der Waals surface area contributed by atoms with Gasteiger partial charge in [0.05, 0.1) is 4.75 Å². The van der Waals surface area contributed by atoms with Crippen LogP contribution in [0.4, 0.5) is 0 Å². The van der Waals surface area contributed by atoms with Gasteiger partial charge in [0.15, 0.2) is 0 Å². The Labute approximate surface area is 164 Å². The zero-order valence-electron chi connectivity index (χ0n) is 15.0. The van der Waals surface area contributed by atoms with Crippen LogP contribution in [0.1, 0.15) is 43.2 Å². The Hall–Kier alpha value is -0.860. The van der Waals surface area contributed by atoms with Gasteiger partial charge in [-0.15, -0.1) is 23.5 Å². The van der Waals surface area contributed by atoms with Crippen molar-refractivity contribution in [3.05, 3.63) is 59.7 Å². The Morgan fingerprint density at radius 2 is 1.19 bits per heavy atom. The molecule has 1 heterocycles. The minimum Gasteiger partial charge on any atom is -0.141 e. The van der Waals surface area contributed by atoms with Crippen LogP contribution in [0.15, 0.2) is 48.5 Å². The van der Waals surface area contributed by atoms with Crippen LogP contribution in [0.25, 0.3) is 11.1 Å². The number of benzene rings is 2. The molecule has 5 aliphatic carbocycles. The van der Waals surface area contributed by atoms with Gasteiger partial charge in [-0.3, -0.25) is 0 Å².